The maximum atomic E-state index is 11.4. The fourth-order valence-electron chi connectivity index (χ4n) is 2.16. The van der Waals surface area contributed by atoms with Crippen molar-refractivity contribution in [3.8, 4) is 0 Å². The molecule has 0 aliphatic heterocycles. The highest BCUT2D eigenvalue weighted by atomic mass is 32.2. The largest absolute Gasteiger partial charge is 0.744 e. The summed E-state index contributed by atoms with van der Waals surface area (Å²) < 4.78 is 68.7. The van der Waals surface area contributed by atoms with Crippen LogP contribution in [0.15, 0.2) is 56.4 Å². The molecule has 144 valence electrons. The zero-order valence-electron chi connectivity index (χ0n) is 13.6. The van der Waals surface area contributed by atoms with Crippen molar-refractivity contribution in [3.05, 3.63) is 68.4 Å². The Morgan fingerprint density at radius 2 is 1.11 bits per heavy atom. The van der Waals surface area contributed by atoms with E-state index in [1.54, 1.807) is 0 Å². The van der Waals surface area contributed by atoms with E-state index in [0.29, 0.717) is 0 Å². The Balaban J connectivity index is 2.63. The molecule has 0 fully saturated rings. The second-order valence-corrected chi connectivity index (χ2v) is 7.76. The molecular formula is C14H8N6O6S2-2. The molecule has 14 heteroatoms. The van der Waals surface area contributed by atoms with Crippen molar-refractivity contribution in [2.24, 2.45) is 10.2 Å². The van der Waals surface area contributed by atoms with Gasteiger partial charge in [0.15, 0.2) is 0 Å². The van der Waals surface area contributed by atoms with Crippen LogP contribution in [-0.2, 0) is 20.2 Å². The van der Waals surface area contributed by atoms with E-state index in [0.717, 1.165) is 24.3 Å². The van der Waals surface area contributed by atoms with Crippen LogP contribution in [0.1, 0.15) is 11.1 Å². The molecule has 0 atom stereocenters. The van der Waals surface area contributed by atoms with Crippen molar-refractivity contribution in [3.63, 3.8) is 0 Å². The Labute approximate surface area is 158 Å². The van der Waals surface area contributed by atoms with Gasteiger partial charge >= 0.3 is 0 Å². The topological polar surface area (TPSA) is 212 Å². The van der Waals surface area contributed by atoms with E-state index in [4.69, 9.17) is 11.1 Å². The summed E-state index contributed by atoms with van der Waals surface area (Å²) in [5, 5.41) is 6.41. The molecule has 2 rings (SSSR count). The number of rotatable bonds is 6. The summed E-state index contributed by atoms with van der Waals surface area (Å²) in [7, 11) is -9.90. The van der Waals surface area contributed by atoms with Crippen LogP contribution in [0.4, 0.5) is 11.4 Å². The Hall–Kier alpha value is -3.38. The number of azide groups is 2. The van der Waals surface area contributed by atoms with E-state index in [9.17, 15) is 25.9 Å². The third-order valence-electron chi connectivity index (χ3n) is 3.30. The summed E-state index contributed by atoms with van der Waals surface area (Å²) >= 11 is 0. The lowest BCUT2D eigenvalue weighted by Gasteiger charge is -2.13. The second-order valence-electron chi connectivity index (χ2n) is 5.06. The van der Waals surface area contributed by atoms with Crippen LogP contribution in [-0.4, -0.2) is 25.9 Å². The van der Waals surface area contributed by atoms with Crippen LogP contribution in [0.25, 0.3) is 33.0 Å². The zero-order valence-corrected chi connectivity index (χ0v) is 15.2. The summed E-state index contributed by atoms with van der Waals surface area (Å²) in [5.41, 5.74) is 16.3. The SMILES string of the molecule is [N-]=[N+]=Nc1ccc(C=Cc2ccc(N=[N+]=[N-])cc2S(=O)(=O)[O-])c(S(=O)(=O)[O-])c1. The number of nitrogens with zero attached hydrogens (tertiary/aromatic N) is 6. The molecule has 28 heavy (non-hydrogen) atoms. The fraction of sp³-hybridized carbons (Fsp3) is 0. The molecule has 0 saturated heterocycles. The quantitative estimate of drug-likeness (QED) is 0.224. The van der Waals surface area contributed by atoms with Gasteiger partial charge < -0.3 is 9.11 Å². The molecule has 0 spiro atoms. The van der Waals surface area contributed by atoms with Crippen molar-refractivity contribution in [2.45, 2.75) is 9.79 Å². The Bertz CT molecular complexity index is 1170. The third kappa shape index (κ3) is 5.08. The van der Waals surface area contributed by atoms with Gasteiger partial charge in [-0.25, -0.2) is 16.8 Å². The van der Waals surface area contributed by atoms with Gasteiger partial charge in [0, 0.05) is 21.2 Å². The molecular weight excluding hydrogens is 412 g/mol. The number of hydrogen-bond acceptors (Lipinski definition) is 8. The first kappa shape index (κ1) is 20.9. The van der Waals surface area contributed by atoms with Crippen LogP contribution in [0.2, 0.25) is 0 Å². The molecule has 0 aliphatic carbocycles. The van der Waals surface area contributed by atoms with E-state index in [2.05, 4.69) is 20.1 Å². The monoisotopic (exact) mass is 420 g/mol. The van der Waals surface area contributed by atoms with Crippen LogP contribution in [0.5, 0.6) is 0 Å². The first-order valence-electron chi connectivity index (χ1n) is 7.04. The summed E-state index contributed by atoms with van der Waals surface area (Å²) in [5.74, 6) is 0. The van der Waals surface area contributed by atoms with Crippen LogP contribution in [0.3, 0.4) is 0 Å². The molecule has 0 radical (unpaired) electrons. The standard InChI is InChI=1S/C14H10N6O6S2/c15-19-17-11-5-3-9(13(7-11)27(21,22)23)1-2-10-4-6-12(18-20-16)8-14(10)28(24,25)26/h1-8H,(H,21,22,23)(H,24,25,26)/p-2. The van der Waals surface area contributed by atoms with E-state index < -0.39 is 30.0 Å². The average molecular weight is 420 g/mol. The molecule has 0 unspecified atom stereocenters. The molecule has 0 aromatic heterocycles. The first-order chi connectivity index (χ1) is 13.1. The molecule has 2 aromatic rings. The molecule has 0 aliphatic rings. The first-order valence-corrected chi connectivity index (χ1v) is 9.86. The van der Waals surface area contributed by atoms with Gasteiger partial charge in [-0.1, -0.05) is 46.6 Å². The van der Waals surface area contributed by atoms with Crippen molar-refractivity contribution in [2.75, 3.05) is 0 Å². The molecule has 12 nitrogen and oxygen atoms in total. The number of benzene rings is 2. The van der Waals surface area contributed by atoms with E-state index >= 15 is 0 Å². The van der Waals surface area contributed by atoms with Gasteiger partial charge in [0.25, 0.3) is 0 Å². The van der Waals surface area contributed by atoms with Crippen molar-refractivity contribution in [1.82, 2.24) is 0 Å². The highest BCUT2D eigenvalue weighted by molar-refractivity contribution is 7.86. The number of hydrogen-bond donors (Lipinski definition) is 0. The second kappa shape index (κ2) is 8.10. The molecule has 2 aromatic carbocycles. The van der Waals surface area contributed by atoms with Gasteiger partial charge in [0.05, 0.1) is 9.79 Å². The maximum Gasteiger partial charge on any atom is 0.125 e. The van der Waals surface area contributed by atoms with Crippen LogP contribution >= 0.6 is 0 Å². The summed E-state index contributed by atoms with van der Waals surface area (Å²) in [6.07, 6.45) is 2.20. The Morgan fingerprint density at radius 1 is 0.750 bits per heavy atom. The van der Waals surface area contributed by atoms with Crippen molar-refractivity contribution >= 4 is 43.8 Å². The molecule has 0 saturated carbocycles. The predicted octanol–water partition coefficient (Wildman–Crippen LogP) is 3.55. The normalized spacial score (nSPS) is 11.6. The van der Waals surface area contributed by atoms with Gasteiger partial charge in [-0.2, -0.15) is 0 Å². The molecule has 0 amide bonds. The third-order valence-corrected chi connectivity index (χ3v) is 5.08. The lowest BCUT2D eigenvalue weighted by atomic mass is 10.1. The van der Waals surface area contributed by atoms with E-state index in [1.165, 1.54) is 24.3 Å². The van der Waals surface area contributed by atoms with Gasteiger partial charge in [-0.15, -0.1) is 0 Å². The summed E-state index contributed by atoms with van der Waals surface area (Å²) in [4.78, 5) is 3.57. The Kier molecular flexibility index (Phi) is 6.06. The summed E-state index contributed by atoms with van der Waals surface area (Å²) in [6.45, 7) is 0. The fourth-order valence-corrected chi connectivity index (χ4v) is 3.54. The van der Waals surface area contributed by atoms with Gasteiger partial charge in [-0.3, -0.25) is 0 Å². The average Bonchev–Trinajstić information content (AvgIpc) is 2.60. The van der Waals surface area contributed by atoms with Crippen LogP contribution < -0.4 is 0 Å². The minimum atomic E-state index is -4.95. The van der Waals surface area contributed by atoms with Gasteiger partial charge in [0.1, 0.15) is 20.2 Å². The van der Waals surface area contributed by atoms with Crippen molar-refractivity contribution < 1.29 is 25.9 Å². The van der Waals surface area contributed by atoms with Crippen LogP contribution in [0, 0.1) is 0 Å². The maximum absolute atomic E-state index is 11.4. The lowest BCUT2D eigenvalue weighted by molar-refractivity contribution is 0.460. The van der Waals surface area contributed by atoms with E-state index in [1.807, 2.05) is 0 Å². The smallest absolute Gasteiger partial charge is 0.125 e. The highest BCUT2D eigenvalue weighted by Gasteiger charge is 2.11. The van der Waals surface area contributed by atoms with E-state index in [-0.39, 0.29) is 22.5 Å². The zero-order chi connectivity index (χ0) is 20.9. The minimum absolute atomic E-state index is 0.115. The lowest BCUT2D eigenvalue weighted by Crippen LogP contribution is -2.02. The summed E-state index contributed by atoms with van der Waals surface area (Å²) in [6, 6.07) is 6.54. The molecule has 0 N–H and O–H groups in total. The Morgan fingerprint density at radius 3 is 1.39 bits per heavy atom. The minimum Gasteiger partial charge on any atom is -0.744 e. The van der Waals surface area contributed by atoms with Crippen molar-refractivity contribution in [1.29, 1.82) is 0 Å². The van der Waals surface area contributed by atoms with Gasteiger partial charge in [0.2, 0.25) is 0 Å². The van der Waals surface area contributed by atoms with Gasteiger partial charge in [-0.05, 0) is 34.3 Å². The predicted molar refractivity (Wildman–Crippen MR) is 95.4 cm³/mol. The molecule has 0 heterocycles. The molecule has 0 bridgehead atoms. The highest BCUT2D eigenvalue weighted by Crippen LogP contribution is 2.27.